The van der Waals surface area contributed by atoms with Gasteiger partial charge in [0.2, 0.25) is 0 Å². The van der Waals surface area contributed by atoms with Gasteiger partial charge in [0.25, 0.3) is 0 Å². The number of aliphatic hydroxyl groups is 1. The number of allylic oxidation sites excluding steroid dienone is 2. The maximum Gasteiger partial charge on any atom is 0.164 e. The van der Waals surface area contributed by atoms with Crippen LogP contribution in [-0.4, -0.2) is 15.9 Å². The second-order valence-electron chi connectivity index (χ2n) is 17.1. The van der Waals surface area contributed by atoms with Gasteiger partial charge in [-0.25, -0.2) is 0 Å². The van der Waals surface area contributed by atoms with Gasteiger partial charge >= 0.3 is 0 Å². The van der Waals surface area contributed by atoms with E-state index in [-0.39, 0.29) is 42.5 Å². The Kier molecular flexibility index (Phi) is 13.5. The maximum absolute atomic E-state index is 12.2. The molecule has 1 saturated carbocycles. The van der Waals surface area contributed by atoms with Crippen molar-refractivity contribution in [2.75, 3.05) is 0 Å². The minimum absolute atomic E-state index is 0. The summed E-state index contributed by atoms with van der Waals surface area (Å²) in [5.74, 6) is 0.887. The summed E-state index contributed by atoms with van der Waals surface area (Å²) in [5, 5.41) is 15.4. The van der Waals surface area contributed by atoms with Crippen LogP contribution in [0.15, 0.2) is 66.6 Å². The van der Waals surface area contributed by atoms with Crippen LogP contribution in [0.2, 0.25) is 0 Å². The molecule has 1 aliphatic rings. The summed E-state index contributed by atoms with van der Waals surface area (Å²) in [4.78, 5) is 17.0. The van der Waals surface area contributed by atoms with Crippen LogP contribution in [0.4, 0.5) is 0 Å². The topological polar surface area (TPSA) is 50.2 Å². The predicted molar refractivity (Wildman–Crippen MR) is 210 cm³/mol. The van der Waals surface area contributed by atoms with E-state index in [1.165, 1.54) is 58.0 Å². The molecule has 1 radical (unpaired) electrons. The van der Waals surface area contributed by atoms with Crippen molar-refractivity contribution in [1.82, 2.24) is 4.98 Å². The van der Waals surface area contributed by atoms with E-state index in [0.29, 0.717) is 16.7 Å². The van der Waals surface area contributed by atoms with Crippen molar-refractivity contribution < 1.29 is 30.0 Å². The monoisotopic (exact) mass is 853 g/mol. The summed E-state index contributed by atoms with van der Waals surface area (Å²) in [6.07, 6.45) is 10.5. The first-order valence-corrected chi connectivity index (χ1v) is 18.7. The minimum Gasteiger partial charge on any atom is -0.512 e. The molecule has 1 aliphatic carbocycles. The standard InChI is InChI=1S/C31H34N.C15H28O2.Ir/c1-20-14-21(2)16-22(15-20)29-28-11-10-26-24(8-7-9-25(26)27(28)12-13-32-29)23-17-30(3,4)19-31(5,6)18-23;1-7-14(5,8-2)12(16)11-13(17)15(6,9-3)10-4;/h7-15,23H,17-19H2,1-6H3;11,16H,7-10H2,1-6H3;/q-1;;/b;12-11-;. The van der Waals surface area contributed by atoms with Crippen LogP contribution in [0.25, 0.3) is 32.8 Å². The van der Waals surface area contributed by atoms with Crippen LogP contribution in [-0.2, 0) is 24.9 Å². The number of pyridine rings is 1. The Morgan fingerprint density at radius 3 is 1.96 bits per heavy atom. The summed E-state index contributed by atoms with van der Waals surface area (Å²) in [7, 11) is 0. The van der Waals surface area contributed by atoms with E-state index in [1.54, 1.807) is 0 Å². The molecule has 0 bridgehead atoms. The van der Waals surface area contributed by atoms with Crippen molar-refractivity contribution in [1.29, 1.82) is 0 Å². The smallest absolute Gasteiger partial charge is 0.164 e. The molecule has 0 saturated heterocycles. The maximum atomic E-state index is 12.2. The number of nitrogens with zero attached hydrogens (tertiary/aromatic N) is 1. The second-order valence-corrected chi connectivity index (χ2v) is 17.1. The fourth-order valence-corrected chi connectivity index (χ4v) is 8.39. The Morgan fingerprint density at radius 2 is 1.40 bits per heavy atom. The van der Waals surface area contributed by atoms with Crippen molar-refractivity contribution in [2.24, 2.45) is 21.7 Å². The third kappa shape index (κ3) is 9.15. The molecule has 0 unspecified atom stereocenters. The molecular weight excluding hydrogens is 791 g/mol. The second kappa shape index (κ2) is 16.2. The van der Waals surface area contributed by atoms with Gasteiger partial charge in [0.1, 0.15) is 5.76 Å². The summed E-state index contributed by atoms with van der Waals surface area (Å²) in [5.41, 5.74) is 6.18. The van der Waals surface area contributed by atoms with Gasteiger partial charge < -0.3 is 10.1 Å². The molecule has 3 nitrogen and oxygen atoms in total. The number of aryl methyl sites for hydroxylation is 2. The van der Waals surface area contributed by atoms with Gasteiger partial charge in [-0.05, 0) is 101 Å². The van der Waals surface area contributed by atoms with Gasteiger partial charge in [0, 0.05) is 43.2 Å². The van der Waals surface area contributed by atoms with Crippen LogP contribution < -0.4 is 0 Å². The Balaban J connectivity index is 0.000000323. The van der Waals surface area contributed by atoms with Gasteiger partial charge in [-0.15, -0.1) is 34.9 Å². The molecule has 1 N–H and O–H groups in total. The van der Waals surface area contributed by atoms with Crippen LogP contribution in [0.3, 0.4) is 0 Å². The Hall–Kier alpha value is -2.81. The Morgan fingerprint density at radius 1 is 0.840 bits per heavy atom. The third-order valence-corrected chi connectivity index (χ3v) is 11.8. The van der Waals surface area contributed by atoms with E-state index in [9.17, 15) is 9.90 Å². The first kappa shape index (κ1) is 41.6. The molecule has 0 aliphatic heterocycles. The largest absolute Gasteiger partial charge is 0.512 e. The fraction of sp³-hybridized carbons (Fsp3) is 0.522. The van der Waals surface area contributed by atoms with E-state index in [2.05, 4.69) is 96.1 Å². The molecule has 0 spiro atoms. The van der Waals surface area contributed by atoms with Crippen molar-refractivity contribution in [3.8, 4) is 11.3 Å². The van der Waals surface area contributed by atoms with Crippen LogP contribution >= 0.6 is 0 Å². The molecule has 0 amide bonds. The van der Waals surface area contributed by atoms with Crippen LogP contribution in [0.5, 0.6) is 0 Å². The van der Waals surface area contributed by atoms with E-state index >= 15 is 0 Å². The zero-order valence-corrected chi connectivity index (χ0v) is 35.3. The molecule has 1 heterocycles. The number of hydrogen-bond acceptors (Lipinski definition) is 3. The Labute approximate surface area is 317 Å². The quantitative estimate of drug-likeness (QED) is 0.0790. The number of aliphatic hydroxyl groups excluding tert-OH is 1. The number of fused-ring (bicyclic) bond motifs is 3. The molecule has 50 heavy (non-hydrogen) atoms. The number of hydrogen-bond donors (Lipinski definition) is 1. The summed E-state index contributed by atoms with van der Waals surface area (Å²) >= 11 is 0. The number of ketones is 1. The molecule has 1 aromatic heterocycles. The number of carbonyl (C=O) groups is 1. The van der Waals surface area contributed by atoms with E-state index < -0.39 is 0 Å². The summed E-state index contributed by atoms with van der Waals surface area (Å²) < 4.78 is 0. The zero-order valence-electron chi connectivity index (χ0n) is 32.9. The number of carbonyl (C=O) groups excluding carboxylic acids is 1. The third-order valence-electron chi connectivity index (χ3n) is 11.8. The Bertz CT molecular complexity index is 1790. The number of rotatable bonds is 9. The molecule has 5 rings (SSSR count). The fourth-order valence-electron chi connectivity index (χ4n) is 8.39. The van der Waals surface area contributed by atoms with Crippen molar-refractivity contribution in [3.05, 3.63) is 89.3 Å². The minimum atomic E-state index is -0.337. The molecule has 3 aromatic carbocycles. The normalized spacial score (nSPS) is 16.4. The first-order chi connectivity index (χ1) is 22.9. The summed E-state index contributed by atoms with van der Waals surface area (Å²) in [6.45, 7) is 26.1. The van der Waals surface area contributed by atoms with Gasteiger partial charge in [0.05, 0.1) is 0 Å². The van der Waals surface area contributed by atoms with E-state index in [0.717, 1.165) is 42.5 Å². The van der Waals surface area contributed by atoms with Crippen LogP contribution in [0.1, 0.15) is 137 Å². The van der Waals surface area contributed by atoms with E-state index in [1.807, 2.05) is 47.7 Å². The summed E-state index contributed by atoms with van der Waals surface area (Å²) in [6, 6.07) is 21.6. The van der Waals surface area contributed by atoms with Crippen LogP contribution in [0, 0.1) is 41.6 Å². The van der Waals surface area contributed by atoms with Crippen molar-refractivity contribution in [3.63, 3.8) is 0 Å². The number of aromatic nitrogens is 1. The molecule has 0 atom stereocenters. The average Bonchev–Trinajstić information content (AvgIpc) is 3.05. The average molecular weight is 853 g/mol. The van der Waals surface area contributed by atoms with Crippen molar-refractivity contribution >= 4 is 27.3 Å². The molecule has 4 aromatic rings. The molecular formula is C46H62IrNO2-. The predicted octanol–water partition coefficient (Wildman–Crippen LogP) is 13.4. The van der Waals surface area contributed by atoms with Gasteiger partial charge in [-0.1, -0.05) is 113 Å². The molecule has 4 heteroatoms. The van der Waals surface area contributed by atoms with Crippen molar-refractivity contribution in [2.45, 2.75) is 134 Å². The van der Waals surface area contributed by atoms with Gasteiger partial charge in [-0.3, -0.25) is 4.79 Å². The number of benzene rings is 3. The molecule has 1 fully saturated rings. The zero-order chi connectivity index (χ0) is 36.4. The SMILES string of the molecule is CCC(C)(CC)C(=O)/C=C(\O)C(C)(CC)CC.Cc1[c-]c(-c2nccc3c2ccc2c(C4CC(C)(C)CC(C)(C)C4)cccc23)cc(C)c1.[Ir]. The molecule has 273 valence electrons. The first-order valence-electron chi connectivity index (χ1n) is 18.7. The van der Waals surface area contributed by atoms with E-state index in [4.69, 9.17) is 4.98 Å². The van der Waals surface area contributed by atoms with Gasteiger partial charge in [0.15, 0.2) is 5.78 Å². The van der Waals surface area contributed by atoms with Gasteiger partial charge in [-0.2, -0.15) is 0 Å².